The van der Waals surface area contributed by atoms with E-state index >= 15 is 0 Å². The molecule has 6 nitrogen and oxygen atoms in total. The molecule has 8 heteroatoms. The largest absolute Gasteiger partial charge is 0.378 e. The first-order valence-electron chi connectivity index (χ1n) is 6.61. The number of ether oxygens (including phenoxy) is 1. The molecule has 0 radical (unpaired) electrons. The lowest BCUT2D eigenvalue weighted by molar-refractivity contribution is -0.133. The Morgan fingerprint density at radius 1 is 1.50 bits per heavy atom. The highest BCUT2D eigenvalue weighted by atomic mass is 35.5. The molecular weight excluding hydrogens is 304 g/mol. The van der Waals surface area contributed by atoms with Gasteiger partial charge in [0, 0.05) is 37.8 Å². The maximum Gasteiger partial charge on any atom is 0.224 e. The molecule has 1 amide bonds. The van der Waals surface area contributed by atoms with Crippen LogP contribution < -0.4 is 5.32 Å². The number of nitrogens with zero attached hydrogens (tertiary/aromatic N) is 1. The molecule has 0 aromatic rings. The molecule has 1 heterocycles. The van der Waals surface area contributed by atoms with Crippen molar-refractivity contribution in [2.24, 2.45) is 0 Å². The van der Waals surface area contributed by atoms with Crippen molar-refractivity contribution in [3.63, 3.8) is 0 Å². The summed E-state index contributed by atoms with van der Waals surface area (Å²) in [6.07, 6.45) is 1.54. The van der Waals surface area contributed by atoms with Crippen LogP contribution in [0.15, 0.2) is 0 Å². The van der Waals surface area contributed by atoms with Gasteiger partial charge in [-0.15, -0.1) is 12.4 Å². The van der Waals surface area contributed by atoms with Gasteiger partial charge in [0.2, 0.25) is 5.91 Å². The fourth-order valence-electron chi connectivity index (χ4n) is 2.34. The highest BCUT2D eigenvalue weighted by molar-refractivity contribution is 7.90. The third-order valence-electron chi connectivity index (χ3n) is 3.16. The minimum absolute atomic E-state index is 0. The van der Waals surface area contributed by atoms with E-state index in [9.17, 15) is 13.2 Å². The summed E-state index contributed by atoms with van der Waals surface area (Å²) in [4.78, 5) is 13.8. The van der Waals surface area contributed by atoms with E-state index < -0.39 is 9.84 Å². The van der Waals surface area contributed by atoms with Crippen LogP contribution in [-0.2, 0) is 19.4 Å². The topological polar surface area (TPSA) is 75.7 Å². The second kappa shape index (κ2) is 8.81. The van der Waals surface area contributed by atoms with Gasteiger partial charge in [-0.2, -0.15) is 0 Å². The summed E-state index contributed by atoms with van der Waals surface area (Å²) in [5, 5.41) is 3.23. The molecule has 0 spiro atoms. The van der Waals surface area contributed by atoms with Crippen molar-refractivity contribution < 1.29 is 17.9 Å². The fourth-order valence-corrected chi connectivity index (χ4v) is 3.40. The van der Waals surface area contributed by atoms with Crippen molar-refractivity contribution in [2.75, 3.05) is 38.3 Å². The number of sulfone groups is 1. The normalized spacial score (nSPS) is 20.9. The van der Waals surface area contributed by atoms with Crippen LogP contribution >= 0.6 is 12.4 Å². The van der Waals surface area contributed by atoms with Gasteiger partial charge < -0.3 is 15.0 Å². The van der Waals surface area contributed by atoms with E-state index in [0.717, 1.165) is 6.54 Å². The minimum atomic E-state index is -3.08. The summed E-state index contributed by atoms with van der Waals surface area (Å²) in [5.41, 5.74) is 0. The van der Waals surface area contributed by atoms with E-state index in [2.05, 4.69) is 5.32 Å². The zero-order valence-electron chi connectivity index (χ0n) is 12.3. The molecule has 2 unspecified atom stereocenters. The predicted octanol–water partition coefficient (Wildman–Crippen LogP) is 0.0683. The van der Waals surface area contributed by atoms with Gasteiger partial charge in [0.15, 0.2) is 0 Å². The molecule has 2 atom stereocenters. The fraction of sp³-hybridized carbons (Fsp3) is 0.917. The lowest BCUT2D eigenvalue weighted by Gasteiger charge is -2.30. The van der Waals surface area contributed by atoms with Crippen molar-refractivity contribution in [1.82, 2.24) is 10.2 Å². The molecule has 0 saturated carbocycles. The zero-order valence-corrected chi connectivity index (χ0v) is 13.9. The van der Waals surface area contributed by atoms with Gasteiger partial charge in [-0.1, -0.05) is 0 Å². The second-order valence-corrected chi connectivity index (χ2v) is 7.24. The number of nitrogens with one attached hydrogen (secondary N) is 1. The second-order valence-electron chi connectivity index (χ2n) is 5.05. The molecule has 120 valence electrons. The molecule has 1 saturated heterocycles. The van der Waals surface area contributed by atoms with Crippen LogP contribution in [-0.4, -0.2) is 69.6 Å². The minimum Gasteiger partial charge on any atom is -0.378 e. The average molecular weight is 329 g/mol. The number of hydrogen-bond donors (Lipinski definition) is 1. The first-order valence-corrected chi connectivity index (χ1v) is 8.68. The van der Waals surface area contributed by atoms with E-state index in [0.29, 0.717) is 26.2 Å². The van der Waals surface area contributed by atoms with Crippen LogP contribution in [0.25, 0.3) is 0 Å². The third kappa shape index (κ3) is 6.88. The Hall–Kier alpha value is -0.370. The number of carbonyl (C=O) groups excluding carboxylic acids is 1. The van der Waals surface area contributed by atoms with Gasteiger partial charge >= 0.3 is 0 Å². The van der Waals surface area contributed by atoms with Crippen LogP contribution in [0.5, 0.6) is 0 Å². The number of halogens is 1. The van der Waals surface area contributed by atoms with Gasteiger partial charge in [-0.25, -0.2) is 8.42 Å². The number of rotatable bonds is 6. The maximum atomic E-state index is 12.2. The Morgan fingerprint density at radius 2 is 2.15 bits per heavy atom. The molecular formula is C12H25ClN2O4S. The van der Waals surface area contributed by atoms with Crippen LogP contribution in [0, 0.1) is 0 Å². The van der Waals surface area contributed by atoms with E-state index in [-0.39, 0.29) is 36.2 Å². The Kier molecular flexibility index (Phi) is 8.65. The van der Waals surface area contributed by atoms with E-state index in [1.165, 1.54) is 6.26 Å². The molecule has 0 bridgehead atoms. The highest BCUT2D eigenvalue weighted by Gasteiger charge is 2.25. The average Bonchev–Trinajstić information content (AvgIpc) is 2.28. The smallest absolute Gasteiger partial charge is 0.224 e. The number of amides is 1. The Labute approximate surface area is 127 Å². The Balaban J connectivity index is 0.00000361. The van der Waals surface area contributed by atoms with Gasteiger partial charge in [-0.05, 0) is 13.8 Å². The molecule has 0 aromatic heterocycles. The summed E-state index contributed by atoms with van der Waals surface area (Å²) in [6.45, 7) is 6.11. The van der Waals surface area contributed by atoms with Gasteiger partial charge in [0.1, 0.15) is 9.84 Å². The Bertz CT molecular complexity index is 396. The van der Waals surface area contributed by atoms with E-state index in [1.807, 2.05) is 6.92 Å². The number of carbonyl (C=O) groups is 1. The van der Waals surface area contributed by atoms with Crippen LogP contribution in [0.3, 0.4) is 0 Å². The summed E-state index contributed by atoms with van der Waals surface area (Å²) in [6, 6.07) is -0.266. The summed E-state index contributed by atoms with van der Waals surface area (Å²) in [7, 11) is -3.08. The van der Waals surface area contributed by atoms with Gasteiger partial charge in [0.25, 0.3) is 0 Å². The standard InChI is InChI=1S/C12H24N2O4S.ClH/c1-4-14(10(2)9-19(3,16)17)12(15)7-11-8-18-6-5-13-11;/h10-11,13H,4-9H2,1-3H3;1H. The maximum absolute atomic E-state index is 12.2. The number of morpholine rings is 1. The summed E-state index contributed by atoms with van der Waals surface area (Å²) < 4.78 is 27.9. The van der Waals surface area contributed by atoms with Crippen LogP contribution in [0.4, 0.5) is 0 Å². The molecule has 1 aliphatic rings. The van der Waals surface area contributed by atoms with Crippen molar-refractivity contribution in [2.45, 2.75) is 32.4 Å². The molecule has 1 fully saturated rings. The van der Waals surface area contributed by atoms with Crippen molar-refractivity contribution in [3.05, 3.63) is 0 Å². The van der Waals surface area contributed by atoms with Crippen LogP contribution in [0.2, 0.25) is 0 Å². The first kappa shape index (κ1) is 19.6. The quantitative estimate of drug-likeness (QED) is 0.746. The predicted molar refractivity (Wildman–Crippen MR) is 81.0 cm³/mol. The van der Waals surface area contributed by atoms with Crippen molar-refractivity contribution >= 4 is 28.2 Å². The van der Waals surface area contributed by atoms with Crippen LogP contribution in [0.1, 0.15) is 20.3 Å². The molecule has 0 aromatic carbocycles. The van der Waals surface area contributed by atoms with Crippen molar-refractivity contribution in [3.8, 4) is 0 Å². The summed E-state index contributed by atoms with van der Waals surface area (Å²) in [5.74, 6) is -0.0251. The summed E-state index contributed by atoms with van der Waals surface area (Å²) >= 11 is 0. The van der Waals surface area contributed by atoms with Crippen molar-refractivity contribution in [1.29, 1.82) is 0 Å². The Morgan fingerprint density at radius 3 is 2.60 bits per heavy atom. The SMILES string of the molecule is CCN(C(=O)CC1COCCN1)C(C)CS(C)(=O)=O.Cl. The van der Waals surface area contributed by atoms with E-state index in [1.54, 1.807) is 11.8 Å². The molecule has 0 aliphatic carbocycles. The molecule has 1 N–H and O–H groups in total. The van der Waals surface area contributed by atoms with Gasteiger partial charge in [-0.3, -0.25) is 4.79 Å². The lowest BCUT2D eigenvalue weighted by atomic mass is 10.1. The monoisotopic (exact) mass is 328 g/mol. The molecule has 1 rings (SSSR count). The molecule has 20 heavy (non-hydrogen) atoms. The van der Waals surface area contributed by atoms with Gasteiger partial charge in [0.05, 0.1) is 19.0 Å². The number of hydrogen-bond acceptors (Lipinski definition) is 5. The first-order chi connectivity index (χ1) is 8.83. The molecule has 1 aliphatic heterocycles. The highest BCUT2D eigenvalue weighted by Crippen LogP contribution is 2.08. The van der Waals surface area contributed by atoms with E-state index in [4.69, 9.17) is 4.74 Å². The lowest BCUT2D eigenvalue weighted by Crippen LogP contribution is -2.48. The zero-order chi connectivity index (χ0) is 14.5. The third-order valence-corrected chi connectivity index (χ3v) is 4.24.